The predicted octanol–water partition coefficient (Wildman–Crippen LogP) is -1.55. The van der Waals surface area contributed by atoms with E-state index < -0.39 is 11.1 Å². The topological polar surface area (TPSA) is 136 Å². The van der Waals surface area contributed by atoms with Gasteiger partial charge in [-0.15, -0.1) is 0 Å². The normalized spacial score (nSPS) is 10.6. The van der Waals surface area contributed by atoms with Crippen LogP contribution in [0.2, 0.25) is 0 Å². The van der Waals surface area contributed by atoms with Crippen molar-refractivity contribution in [2.45, 2.75) is 10.3 Å². The minimum absolute atomic E-state index is 0.0561. The van der Waals surface area contributed by atoms with Gasteiger partial charge in [0.05, 0.1) is 0 Å². The summed E-state index contributed by atoms with van der Waals surface area (Å²) in [5.41, 5.74) is 3.93. The largest absolute Gasteiger partial charge is 0.368 e. The van der Waals surface area contributed by atoms with Crippen LogP contribution < -0.4 is 21.8 Å². The first-order chi connectivity index (χ1) is 9.36. The molecule has 2 rings (SSSR count). The summed E-state index contributed by atoms with van der Waals surface area (Å²) in [6.45, 7) is 0. The van der Waals surface area contributed by atoms with Gasteiger partial charge in [0.25, 0.3) is 0 Å². The number of aryl methyl sites for hydroxylation is 1. The molecule has 0 aliphatic carbocycles. The second-order valence-corrected chi connectivity index (χ2v) is 4.91. The van der Waals surface area contributed by atoms with Crippen molar-refractivity contribution in [3.63, 3.8) is 0 Å². The maximum atomic E-state index is 11.3. The van der Waals surface area contributed by atoms with E-state index in [0.29, 0.717) is 5.95 Å². The number of aromatic amines is 1. The van der Waals surface area contributed by atoms with Gasteiger partial charge in [0, 0.05) is 21.1 Å². The van der Waals surface area contributed by atoms with E-state index in [1.807, 2.05) is 0 Å². The Labute approximate surface area is 117 Å². The first kappa shape index (κ1) is 14.0. The van der Waals surface area contributed by atoms with E-state index >= 15 is 0 Å². The molecule has 11 heteroatoms. The smallest absolute Gasteiger partial charge is 0.339 e. The Morgan fingerprint density at radius 3 is 2.55 bits per heavy atom. The van der Waals surface area contributed by atoms with Crippen LogP contribution in [0.3, 0.4) is 0 Å². The molecular formula is C9H12N8O2S. The molecule has 0 aliphatic rings. The highest BCUT2D eigenvalue weighted by atomic mass is 32.2. The molecule has 0 saturated heterocycles. The number of rotatable bonds is 3. The minimum atomic E-state index is -0.875. The fourth-order valence-corrected chi connectivity index (χ4v) is 1.98. The molecule has 0 atom stereocenters. The molecule has 0 unspecified atom stereocenters. The molecule has 106 valence electrons. The van der Waals surface area contributed by atoms with Crippen molar-refractivity contribution in [3.8, 4) is 0 Å². The van der Waals surface area contributed by atoms with E-state index in [0.717, 1.165) is 11.8 Å². The van der Waals surface area contributed by atoms with Gasteiger partial charge >= 0.3 is 11.1 Å². The molecular weight excluding hydrogens is 284 g/mol. The number of nitrogen functional groups attached to an aromatic ring is 1. The number of hydrogen-bond donors (Lipinski definition) is 2. The van der Waals surface area contributed by atoms with Crippen LogP contribution in [-0.4, -0.2) is 43.8 Å². The summed E-state index contributed by atoms with van der Waals surface area (Å²) in [6.07, 6.45) is 0. The van der Waals surface area contributed by atoms with Gasteiger partial charge in [0.1, 0.15) is 0 Å². The van der Waals surface area contributed by atoms with Crippen molar-refractivity contribution < 1.29 is 0 Å². The maximum absolute atomic E-state index is 11.3. The predicted molar refractivity (Wildman–Crippen MR) is 72.8 cm³/mol. The van der Waals surface area contributed by atoms with Gasteiger partial charge in [-0.25, -0.2) is 0 Å². The number of nitrogens with two attached hydrogens (primary N) is 1. The molecule has 0 saturated carbocycles. The highest BCUT2D eigenvalue weighted by Gasteiger charge is 2.11. The second-order valence-electron chi connectivity index (χ2n) is 3.97. The van der Waals surface area contributed by atoms with Crippen LogP contribution in [-0.2, 0) is 7.05 Å². The Kier molecular flexibility index (Phi) is 3.70. The van der Waals surface area contributed by atoms with Crippen LogP contribution in [0.4, 0.5) is 11.9 Å². The highest BCUT2D eigenvalue weighted by Crippen LogP contribution is 2.22. The van der Waals surface area contributed by atoms with Crippen LogP contribution in [0.5, 0.6) is 0 Å². The third-order valence-electron chi connectivity index (χ3n) is 2.15. The zero-order chi connectivity index (χ0) is 14.9. The molecule has 10 nitrogen and oxygen atoms in total. The molecule has 0 bridgehead atoms. The third kappa shape index (κ3) is 2.93. The molecule has 2 aromatic heterocycles. The molecule has 0 fully saturated rings. The second kappa shape index (κ2) is 5.28. The Morgan fingerprint density at radius 1 is 1.20 bits per heavy atom. The van der Waals surface area contributed by atoms with E-state index in [1.54, 1.807) is 26.0 Å². The fraction of sp³-hybridized carbons (Fsp3) is 0.333. The molecule has 0 amide bonds. The first-order valence-electron chi connectivity index (χ1n) is 5.41. The van der Waals surface area contributed by atoms with Crippen molar-refractivity contribution in [1.82, 2.24) is 29.7 Å². The summed E-state index contributed by atoms with van der Waals surface area (Å²) < 4.78 is 1.31. The Bertz CT molecular complexity index is 752. The minimum Gasteiger partial charge on any atom is -0.368 e. The van der Waals surface area contributed by atoms with Crippen LogP contribution in [0, 0.1) is 0 Å². The molecule has 0 aliphatic heterocycles. The summed E-state index contributed by atoms with van der Waals surface area (Å²) in [7, 11) is 5.07. The van der Waals surface area contributed by atoms with E-state index in [-0.39, 0.29) is 16.3 Å². The highest BCUT2D eigenvalue weighted by molar-refractivity contribution is 7.99. The average molecular weight is 296 g/mol. The molecule has 0 spiro atoms. The summed E-state index contributed by atoms with van der Waals surface area (Å²) >= 11 is 0.996. The summed E-state index contributed by atoms with van der Waals surface area (Å²) in [6, 6.07) is 0. The third-order valence-corrected chi connectivity index (χ3v) is 3.06. The standard InChI is InChI=1S/C9H12N8O2S/c1-16(2)7-12-6(10)13-8(14-7)20-9-11-4(18)5(19)15-17(9)3/h1-3H3,(H,15,19)(H2,10,12,13,14). The first-order valence-corrected chi connectivity index (χ1v) is 6.22. The number of nitrogens with one attached hydrogen (secondary N) is 1. The molecule has 20 heavy (non-hydrogen) atoms. The number of aromatic nitrogens is 6. The van der Waals surface area contributed by atoms with Crippen LogP contribution in [0.1, 0.15) is 0 Å². The van der Waals surface area contributed by atoms with Gasteiger partial charge in [0.2, 0.25) is 17.1 Å². The molecule has 2 aromatic rings. The van der Waals surface area contributed by atoms with Crippen molar-refractivity contribution in [2.24, 2.45) is 7.05 Å². The van der Waals surface area contributed by atoms with Crippen molar-refractivity contribution >= 4 is 23.7 Å². The van der Waals surface area contributed by atoms with E-state index in [1.165, 1.54) is 4.68 Å². The van der Waals surface area contributed by atoms with Gasteiger partial charge in [0.15, 0.2) is 5.16 Å². The maximum Gasteiger partial charge on any atom is 0.339 e. The van der Waals surface area contributed by atoms with Gasteiger partial charge in [-0.1, -0.05) is 0 Å². The summed E-state index contributed by atoms with van der Waals surface area (Å²) in [4.78, 5) is 39.7. The Balaban J connectivity index is 2.42. The fourth-order valence-electron chi connectivity index (χ4n) is 1.24. The lowest BCUT2D eigenvalue weighted by Crippen LogP contribution is -2.33. The van der Waals surface area contributed by atoms with Crippen molar-refractivity contribution in [1.29, 1.82) is 0 Å². The van der Waals surface area contributed by atoms with Crippen LogP contribution in [0.25, 0.3) is 0 Å². The van der Waals surface area contributed by atoms with Crippen LogP contribution >= 0.6 is 11.8 Å². The number of anilines is 2. The number of nitrogens with zero attached hydrogens (tertiary/aromatic N) is 6. The Hall–Kier alpha value is -2.43. The van der Waals surface area contributed by atoms with Crippen LogP contribution in [0.15, 0.2) is 19.9 Å². The lowest BCUT2D eigenvalue weighted by molar-refractivity contribution is 0.595. The van der Waals surface area contributed by atoms with Gasteiger partial charge < -0.3 is 10.6 Å². The quantitative estimate of drug-likeness (QED) is 0.645. The average Bonchev–Trinajstić information content (AvgIpc) is 2.35. The monoisotopic (exact) mass is 296 g/mol. The Morgan fingerprint density at radius 2 is 1.90 bits per heavy atom. The molecule has 0 radical (unpaired) electrons. The molecule has 0 aromatic carbocycles. The van der Waals surface area contributed by atoms with Crippen molar-refractivity contribution in [2.75, 3.05) is 24.7 Å². The lowest BCUT2D eigenvalue weighted by atomic mass is 10.8. The van der Waals surface area contributed by atoms with E-state index in [4.69, 9.17) is 5.73 Å². The number of H-pyrrole nitrogens is 1. The molecule has 2 heterocycles. The molecule has 3 N–H and O–H groups in total. The zero-order valence-corrected chi connectivity index (χ0v) is 11.8. The van der Waals surface area contributed by atoms with Gasteiger partial charge in [-0.3, -0.25) is 19.4 Å². The zero-order valence-electron chi connectivity index (χ0n) is 11.0. The van der Waals surface area contributed by atoms with Crippen molar-refractivity contribution in [3.05, 3.63) is 20.7 Å². The SMILES string of the molecule is CN(C)c1nc(N)nc(Sc2nc(=O)c(=O)[nH]n2C)n1. The van der Waals surface area contributed by atoms with E-state index in [2.05, 4.69) is 25.0 Å². The lowest BCUT2D eigenvalue weighted by Gasteiger charge is -2.11. The van der Waals surface area contributed by atoms with E-state index in [9.17, 15) is 9.59 Å². The van der Waals surface area contributed by atoms with Gasteiger partial charge in [-0.2, -0.15) is 19.9 Å². The number of hydrogen-bond acceptors (Lipinski definition) is 9. The van der Waals surface area contributed by atoms with Gasteiger partial charge in [-0.05, 0) is 11.8 Å². The summed E-state index contributed by atoms with van der Waals surface area (Å²) in [5.74, 6) is 0.440. The summed E-state index contributed by atoms with van der Waals surface area (Å²) in [5, 5.41) is 2.85.